The topological polar surface area (TPSA) is 101 Å². The monoisotopic (exact) mass is 211 g/mol. The first-order valence-electron chi connectivity index (χ1n) is 4.36. The molecule has 1 N–H and O–H groups in total. The van der Waals surface area contributed by atoms with Crippen LogP contribution in [-0.2, 0) is 14.3 Å². The number of H-pyrrole nitrogens is 1. The van der Waals surface area contributed by atoms with E-state index in [1.807, 2.05) is 0 Å². The molecule has 2 heterocycles. The highest BCUT2D eigenvalue weighted by Gasteiger charge is 2.33. The molecular weight excluding hydrogens is 202 g/mol. The number of nitrogens with one attached hydrogen (secondary N) is 1. The van der Waals surface area contributed by atoms with E-state index in [-0.39, 0.29) is 25.0 Å². The lowest BCUT2D eigenvalue weighted by atomic mass is 10.2. The molecule has 0 radical (unpaired) electrons. The number of tetrazole rings is 1. The van der Waals surface area contributed by atoms with Crippen molar-refractivity contribution in [1.29, 1.82) is 0 Å². The maximum absolute atomic E-state index is 11.4. The minimum atomic E-state index is -0.521. The maximum atomic E-state index is 11.4. The summed E-state index contributed by atoms with van der Waals surface area (Å²) >= 11 is 0. The number of aromatic nitrogens is 4. The molecular formula is C7H9N5O3. The third kappa shape index (κ3) is 1.71. The van der Waals surface area contributed by atoms with Gasteiger partial charge in [0, 0.05) is 0 Å². The second-order valence-corrected chi connectivity index (χ2v) is 3.10. The van der Waals surface area contributed by atoms with Crippen molar-refractivity contribution in [2.24, 2.45) is 0 Å². The number of rotatable bonds is 2. The Bertz CT molecular complexity index is 360. The molecule has 8 heteroatoms. The van der Waals surface area contributed by atoms with E-state index >= 15 is 0 Å². The Hall–Kier alpha value is -1.83. The number of hydrogen-bond donors (Lipinski definition) is 1. The number of aromatic amines is 1. The molecule has 1 aromatic rings. The summed E-state index contributed by atoms with van der Waals surface area (Å²) in [6.45, 7) is 1.48. The summed E-state index contributed by atoms with van der Waals surface area (Å²) in [5.74, 6) is -0.467. The van der Waals surface area contributed by atoms with Crippen molar-refractivity contribution in [3.63, 3.8) is 0 Å². The number of amides is 2. The average molecular weight is 211 g/mol. The third-order valence-electron chi connectivity index (χ3n) is 2.11. The largest absolute Gasteiger partial charge is 0.362 e. The molecule has 2 rings (SSSR count). The molecule has 1 fully saturated rings. The van der Waals surface area contributed by atoms with Crippen LogP contribution in [0.4, 0.5) is 0 Å². The lowest BCUT2D eigenvalue weighted by Crippen LogP contribution is -2.47. The zero-order chi connectivity index (χ0) is 10.8. The van der Waals surface area contributed by atoms with E-state index in [2.05, 4.69) is 20.6 Å². The highest BCUT2D eigenvalue weighted by Crippen LogP contribution is 2.17. The molecule has 1 atom stereocenters. The Balaban J connectivity index is 2.21. The Labute approximate surface area is 84.6 Å². The number of nitrogens with zero attached hydrogens (tertiary/aromatic N) is 4. The summed E-state index contributed by atoms with van der Waals surface area (Å²) in [5.41, 5.74) is 0. The smallest absolute Gasteiger partial charge is 0.255 e. The van der Waals surface area contributed by atoms with Crippen LogP contribution in [0.25, 0.3) is 0 Å². The van der Waals surface area contributed by atoms with Gasteiger partial charge >= 0.3 is 0 Å². The first-order chi connectivity index (χ1) is 7.20. The summed E-state index contributed by atoms with van der Waals surface area (Å²) in [6.07, 6.45) is 0. The zero-order valence-corrected chi connectivity index (χ0v) is 8.01. The van der Waals surface area contributed by atoms with Gasteiger partial charge in [0.15, 0.2) is 5.82 Å². The Kier molecular flexibility index (Phi) is 2.42. The van der Waals surface area contributed by atoms with E-state index < -0.39 is 6.04 Å². The minimum Gasteiger partial charge on any atom is -0.362 e. The van der Waals surface area contributed by atoms with Crippen molar-refractivity contribution >= 4 is 11.8 Å². The number of hydrogen-bond acceptors (Lipinski definition) is 6. The molecule has 0 saturated carbocycles. The Morgan fingerprint density at radius 1 is 1.40 bits per heavy atom. The minimum absolute atomic E-state index is 0.0894. The second-order valence-electron chi connectivity index (χ2n) is 3.10. The van der Waals surface area contributed by atoms with Crippen LogP contribution in [0, 0.1) is 0 Å². The summed E-state index contributed by atoms with van der Waals surface area (Å²) in [6, 6.07) is -0.521. The van der Waals surface area contributed by atoms with Gasteiger partial charge in [-0.2, -0.15) is 5.21 Å². The molecule has 0 bridgehead atoms. The first kappa shape index (κ1) is 9.71. The summed E-state index contributed by atoms with van der Waals surface area (Å²) in [4.78, 5) is 24.0. The van der Waals surface area contributed by atoms with Gasteiger partial charge in [0.25, 0.3) is 11.8 Å². The van der Waals surface area contributed by atoms with Crippen molar-refractivity contribution < 1.29 is 14.3 Å². The van der Waals surface area contributed by atoms with Gasteiger partial charge in [-0.05, 0) is 6.92 Å². The van der Waals surface area contributed by atoms with Gasteiger partial charge in [0.2, 0.25) is 0 Å². The first-order valence-corrected chi connectivity index (χ1v) is 4.36. The van der Waals surface area contributed by atoms with Gasteiger partial charge in [-0.25, -0.2) is 0 Å². The van der Waals surface area contributed by atoms with Crippen molar-refractivity contribution in [2.75, 3.05) is 13.2 Å². The van der Waals surface area contributed by atoms with Crippen LogP contribution in [0.2, 0.25) is 0 Å². The van der Waals surface area contributed by atoms with Crippen LogP contribution in [0.3, 0.4) is 0 Å². The van der Waals surface area contributed by atoms with E-state index in [9.17, 15) is 9.59 Å². The van der Waals surface area contributed by atoms with E-state index in [4.69, 9.17) is 4.74 Å². The predicted octanol–water partition coefficient (Wildman–Crippen LogP) is -1.35. The van der Waals surface area contributed by atoms with Gasteiger partial charge in [-0.3, -0.25) is 14.5 Å². The Morgan fingerprint density at radius 2 is 2.07 bits per heavy atom. The van der Waals surface area contributed by atoms with Gasteiger partial charge in [-0.1, -0.05) is 5.21 Å². The predicted molar refractivity (Wildman–Crippen MR) is 45.3 cm³/mol. The molecule has 1 unspecified atom stereocenters. The molecule has 0 spiro atoms. The maximum Gasteiger partial charge on any atom is 0.255 e. The number of morpholine rings is 1. The van der Waals surface area contributed by atoms with Crippen molar-refractivity contribution in [2.45, 2.75) is 13.0 Å². The van der Waals surface area contributed by atoms with E-state index in [1.54, 1.807) is 6.92 Å². The molecule has 0 aromatic carbocycles. The summed E-state index contributed by atoms with van der Waals surface area (Å²) < 4.78 is 4.79. The summed E-state index contributed by atoms with van der Waals surface area (Å²) in [7, 11) is 0. The van der Waals surface area contributed by atoms with Crippen molar-refractivity contribution in [1.82, 2.24) is 25.5 Å². The molecule has 1 saturated heterocycles. The van der Waals surface area contributed by atoms with Crippen LogP contribution >= 0.6 is 0 Å². The van der Waals surface area contributed by atoms with Gasteiger partial charge in [0.1, 0.15) is 19.3 Å². The van der Waals surface area contributed by atoms with Crippen molar-refractivity contribution in [3.05, 3.63) is 5.82 Å². The fourth-order valence-electron chi connectivity index (χ4n) is 1.40. The quantitative estimate of drug-likeness (QED) is 0.606. The fourth-order valence-corrected chi connectivity index (χ4v) is 1.40. The number of carbonyl (C=O) groups excluding carboxylic acids is 2. The van der Waals surface area contributed by atoms with Crippen LogP contribution in [0.5, 0.6) is 0 Å². The second kappa shape index (κ2) is 3.73. The lowest BCUT2D eigenvalue weighted by Gasteiger charge is -2.28. The molecule has 15 heavy (non-hydrogen) atoms. The number of ether oxygens (including phenoxy) is 1. The SMILES string of the molecule is CC(c1nn[nH]n1)N1C(=O)COCC1=O. The van der Waals surface area contributed by atoms with Gasteiger partial charge in [0.05, 0.1) is 0 Å². The summed E-state index contributed by atoms with van der Waals surface area (Å²) in [5, 5.41) is 13.1. The Morgan fingerprint density at radius 3 is 2.60 bits per heavy atom. The molecule has 2 amide bonds. The molecule has 80 valence electrons. The fraction of sp³-hybridized carbons (Fsp3) is 0.571. The van der Waals surface area contributed by atoms with Crippen LogP contribution < -0.4 is 0 Å². The van der Waals surface area contributed by atoms with Crippen LogP contribution in [0.15, 0.2) is 0 Å². The molecule has 8 nitrogen and oxygen atoms in total. The highest BCUT2D eigenvalue weighted by molar-refractivity contribution is 5.98. The van der Waals surface area contributed by atoms with Gasteiger partial charge in [-0.15, -0.1) is 10.2 Å². The average Bonchev–Trinajstić information content (AvgIpc) is 2.69. The number of carbonyl (C=O) groups is 2. The number of imide groups is 1. The lowest BCUT2D eigenvalue weighted by molar-refractivity contribution is -0.161. The molecule has 0 aliphatic carbocycles. The molecule has 1 aliphatic rings. The van der Waals surface area contributed by atoms with Crippen molar-refractivity contribution in [3.8, 4) is 0 Å². The molecule has 1 aromatic heterocycles. The van der Waals surface area contributed by atoms with E-state index in [1.165, 1.54) is 0 Å². The third-order valence-corrected chi connectivity index (χ3v) is 2.11. The van der Waals surface area contributed by atoms with Gasteiger partial charge < -0.3 is 4.74 Å². The molecule has 1 aliphatic heterocycles. The van der Waals surface area contributed by atoms with E-state index in [0.717, 1.165) is 4.90 Å². The zero-order valence-electron chi connectivity index (χ0n) is 8.01. The normalized spacial score (nSPS) is 19.4. The van der Waals surface area contributed by atoms with Crippen LogP contribution in [-0.4, -0.2) is 50.6 Å². The van der Waals surface area contributed by atoms with Crippen LogP contribution in [0.1, 0.15) is 18.8 Å². The van der Waals surface area contributed by atoms with E-state index in [0.29, 0.717) is 5.82 Å². The highest BCUT2D eigenvalue weighted by atomic mass is 16.5. The standard InChI is InChI=1S/C7H9N5O3/c1-4(7-8-10-11-9-7)12-5(13)2-15-3-6(12)14/h4H,2-3H2,1H3,(H,8,9,10,11).